The van der Waals surface area contributed by atoms with Crippen LogP contribution >= 0.6 is 11.5 Å². The van der Waals surface area contributed by atoms with Gasteiger partial charge in [0.25, 0.3) is 5.91 Å². The number of hydrogen-bond donors (Lipinski definition) is 2. The normalized spacial score (nSPS) is 16.6. The van der Waals surface area contributed by atoms with Gasteiger partial charge in [0.2, 0.25) is 0 Å². The maximum atomic E-state index is 12.4. The summed E-state index contributed by atoms with van der Waals surface area (Å²) < 4.78 is 15.5. The van der Waals surface area contributed by atoms with Crippen molar-refractivity contribution in [3.63, 3.8) is 0 Å². The number of rotatable bonds is 6. The number of carbonyl (C=O) groups is 1. The van der Waals surface area contributed by atoms with Crippen LogP contribution in [-0.4, -0.2) is 34.6 Å². The van der Waals surface area contributed by atoms with Gasteiger partial charge in [0.05, 0.1) is 23.0 Å². The van der Waals surface area contributed by atoms with Crippen LogP contribution in [0.4, 0.5) is 5.69 Å². The van der Waals surface area contributed by atoms with Crippen LogP contribution in [-0.2, 0) is 0 Å². The topological polar surface area (TPSA) is 89.3 Å². The fourth-order valence-corrected chi connectivity index (χ4v) is 4.09. The van der Waals surface area contributed by atoms with Gasteiger partial charge in [-0.05, 0) is 63.0 Å². The first-order valence-corrected chi connectivity index (χ1v) is 10.6. The van der Waals surface area contributed by atoms with Gasteiger partial charge >= 0.3 is 0 Å². The molecule has 7 nitrogen and oxygen atoms in total. The standard InChI is InChI=1S/C21H24N4O3S/c1-13-20(14(2)28-25-13)18-9-16(24-21(26)15-10-23-29-12-15)6-7-19(18)27-11-17-5-3-4-8-22-17/h6-7,9-10,12,17,22H,3-5,8,11H2,1-2H3,(H,24,26). The van der Waals surface area contributed by atoms with E-state index in [0.717, 1.165) is 35.5 Å². The molecule has 1 atom stereocenters. The summed E-state index contributed by atoms with van der Waals surface area (Å²) in [6.07, 6.45) is 5.11. The molecule has 1 aliphatic rings. The minimum absolute atomic E-state index is 0.191. The van der Waals surface area contributed by atoms with Gasteiger partial charge in [0.1, 0.15) is 18.1 Å². The van der Waals surface area contributed by atoms with Gasteiger partial charge in [-0.2, -0.15) is 0 Å². The van der Waals surface area contributed by atoms with Crippen LogP contribution < -0.4 is 15.4 Å². The molecule has 1 saturated heterocycles. The number of benzene rings is 1. The van der Waals surface area contributed by atoms with E-state index in [-0.39, 0.29) is 5.91 Å². The largest absolute Gasteiger partial charge is 0.491 e. The van der Waals surface area contributed by atoms with Crippen LogP contribution in [0.5, 0.6) is 5.75 Å². The van der Waals surface area contributed by atoms with Gasteiger partial charge in [-0.15, -0.1) is 0 Å². The molecule has 1 aromatic carbocycles. The quantitative estimate of drug-likeness (QED) is 0.631. The number of aromatic nitrogens is 2. The molecule has 0 aliphatic carbocycles. The van der Waals surface area contributed by atoms with Crippen molar-refractivity contribution in [1.29, 1.82) is 0 Å². The third-order valence-electron chi connectivity index (χ3n) is 5.09. The van der Waals surface area contributed by atoms with E-state index in [0.29, 0.717) is 29.7 Å². The smallest absolute Gasteiger partial charge is 0.258 e. The minimum Gasteiger partial charge on any atom is -0.491 e. The molecule has 29 heavy (non-hydrogen) atoms. The van der Waals surface area contributed by atoms with Gasteiger partial charge in [0.15, 0.2) is 0 Å². The molecule has 0 radical (unpaired) electrons. The first-order chi connectivity index (χ1) is 14.1. The van der Waals surface area contributed by atoms with Crippen molar-refractivity contribution in [2.24, 2.45) is 0 Å². The highest BCUT2D eigenvalue weighted by Crippen LogP contribution is 2.37. The average molecular weight is 413 g/mol. The minimum atomic E-state index is -0.191. The van der Waals surface area contributed by atoms with E-state index < -0.39 is 0 Å². The molecular formula is C21H24N4O3S. The first kappa shape index (κ1) is 19.6. The van der Waals surface area contributed by atoms with E-state index >= 15 is 0 Å². The molecular weight excluding hydrogens is 388 g/mol. The van der Waals surface area contributed by atoms with Crippen LogP contribution in [0.1, 0.15) is 41.1 Å². The molecule has 3 aromatic rings. The van der Waals surface area contributed by atoms with Crippen molar-refractivity contribution in [2.75, 3.05) is 18.5 Å². The Kier molecular flexibility index (Phi) is 5.92. The summed E-state index contributed by atoms with van der Waals surface area (Å²) in [5.74, 6) is 1.28. The Morgan fingerprint density at radius 3 is 2.97 bits per heavy atom. The molecule has 0 saturated carbocycles. The number of piperidine rings is 1. The van der Waals surface area contributed by atoms with Crippen molar-refractivity contribution >= 4 is 23.1 Å². The summed E-state index contributed by atoms with van der Waals surface area (Å²) in [5, 5.41) is 12.2. The third kappa shape index (κ3) is 4.49. The molecule has 8 heteroatoms. The number of carbonyl (C=O) groups excluding carboxylic acids is 1. The van der Waals surface area contributed by atoms with Gasteiger partial charge in [-0.3, -0.25) is 4.79 Å². The molecule has 4 rings (SSSR count). The number of aryl methyl sites for hydroxylation is 2. The predicted octanol–water partition coefficient (Wildman–Crippen LogP) is 4.19. The second-order valence-corrected chi connectivity index (χ2v) is 7.89. The Morgan fingerprint density at radius 1 is 1.38 bits per heavy atom. The van der Waals surface area contributed by atoms with E-state index in [4.69, 9.17) is 9.26 Å². The number of amides is 1. The summed E-state index contributed by atoms with van der Waals surface area (Å²) in [6, 6.07) is 6.01. The summed E-state index contributed by atoms with van der Waals surface area (Å²) in [6.45, 7) is 5.42. The van der Waals surface area contributed by atoms with Crippen molar-refractivity contribution in [3.8, 4) is 16.9 Å². The van der Waals surface area contributed by atoms with E-state index in [9.17, 15) is 4.79 Å². The van der Waals surface area contributed by atoms with Gasteiger partial charge in [0, 0.05) is 22.7 Å². The lowest BCUT2D eigenvalue weighted by molar-refractivity contribution is 0.102. The molecule has 1 amide bonds. The lowest BCUT2D eigenvalue weighted by Crippen LogP contribution is -2.38. The number of nitrogens with zero attached hydrogens (tertiary/aromatic N) is 2. The number of anilines is 1. The second kappa shape index (κ2) is 8.75. The lowest BCUT2D eigenvalue weighted by Gasteiger charge is -2.24. The van der Waals surface area contributed by atoms with Gasteiger partial charge in [-0.25, -0.2) is 4.37 Å². The van der Waals surface area contributed by atoms with E-state index in [1.165, 1.54) is 24.4 Å². The number of nitrogens with one attached hydrogen (secondary N) is 2. The predicted molar refractivity (Wildman–Crippen MR) is 113 cm³/mol. The lowest BCUT2D eigenvalue weighted by atomic mass is 10.0. The Balaban J connectivity index is 1.60. The molecule has 1 unspecified atom stereocenters. The summed E-state index contributed by atoms with van der Waals surface area (Å²) in [4.78, 5) is 12.4. The van der Waals surface area contributed by atoms with Crippen LogP contribution in [0.3, 0.4) is 0 Å². The SMILES string of the molecule is Cc1noc(C)c1-c1cc(NC(=O)c2cnsc2)ccc1OCC1CCCCN1. The Bertz CT molecular complexity index is 958. The monoisotopic (exact) mass is 412 g/mol. The number of hydrogen-bond acceptors (Lipinski definition) is 7. The Labute approximate surface area is 173 Å². The fraction of sp³-hybridized carbons (Fsp3) is 0.381. The third-order valence-corrected chi connectivity index (χ3v) is 5.67. The highest BCUT2D eigenvalue weighted by Gasteiger charge is 2.20. The summed E-state index contributed by atoms with van der Waals surface area (Å²) in [5.41, 5.74) is 3.76. The Morgan fingerprint density at radius 2 is 2.28 bits per heavy atom. The van der Waals surface area contributed by atoms with Crippen molar-refractivity contribution < 1.29 is 14.1 Å². The number of ether oxygens (including phenoxy) is 1. The zero-order valence-electron chi connectivity index (χ0n) is 16.5. The molecule has 3 heterocycles. The van der Waals surface area contributed by atoms with Crippen LogP contribution in [0.2, 0.25) is 0 Å². The van der Waals surface area contributed by atoms with Crippen LogP contribution in [0, 0.1) is 13.8 Å². The van der Waals surface area contributed by atoms with Crippen LogP contribution in [0.15, 0.2) is 34.3 Å². The molecule has 0 bridgehead atoms. The highest BCUT2D eigenvalue weighted by molar-refractivity contribution is 7.03. The highest BCUT2D eigenvalue weighted by atomic mass is 32.1. The van der Waals surface area contributed by atoms with E-state index in [1.807, 2.05) is 32.0 Å². The molecule has 1 fully saturated rings. The van der Waals surface area contributed by atoms with Gasteiger partial charge in [-0.1, -0.05) is 11.6 Å². The second-order valence-electron chi connectivity index (χ2n) is 7.24. The van der Waals surface area contributed by atoms with Crippen molar-refractivity contribution in [2.45, 2.75) is 39.2 Å². The van der Waals surface area contributed by atoms with Crippen molar-refractivity contribution in [1.82, 2.24) is 14.8 Å². The van der Waals surface area contributed by atoms with Crippen molar-refractivity contribution in [3.05, 3.63) is 46.8 Å². The van der Waals surface area contributed by atoms with Crippen LogP contribution in [0.25, 0.3) is 11.1 Å². The molecule has 0 spiro atoms. The zero-order chi connectivity index (χ0) is 20.2. The molecule has 2 aromatic heterocycles. The average Bonchev–Trinajstić information content (AvgIpc) is 3.38. The maximum absolute atomic E-state index is 12.4. The summed E-state index contributed by atoms with van der Waals surface area (Å²) >= 11 is 1.25. The molecule has 2 N–H and O–H groups in total. The maximum Gasteiger partial charge on any atom is 0.258 e. The summed E-state index contributed by atoms with van der Waals surface area (Å²) in [7, 11) is 0. The molecule has 152 valence electrons. The molecule has 1 aliphatic heterocycles. The van der Waals surface area contributed by atoms with E-state index in [2.05, 4.69) is 20.2 Å². The first-order valence-electron chi connectivity index (χ1n) is 9.76. The Hall–Kier alpha value is -2.71. The van der Waals surface area contributed by atoms with Gasteiger partial charge < -0.3 is 19.9 Å². The zero-order valence-corrected chi connectivity index (χ0v) is 17.3. The van der Waals surface area contributed by atoms with E-state index in [1.54, 1.807) is 11.6 Å². The fourth-order valence-electron chi connectivity index (χ4n) is 3.57.